The molecule has 0 saturated heterocycles. The molecule has 0 bridgehead atoms. The maximum absolute atomic E-state index is 11.5. The van der Waals surface area contributed by atoms with Crippen LogP contribution in [0.4, 0.5) is 0 Å². The van der Waals surface area contributed by atoms with E-state index in [4.69, 9.17) is 4.84 Å². The molecule has 4 heteroatoms. The average Bonchev–Trinajstić information content (AvgIpc) is 3.05. The Morgan fingerprint density at radius 1 is 1.53 bits per heavy atom. The summed E-state index contributed by atoms with van der Waals surface area (Å²) in [7, 11) is 0. The second-order valence-electron chi connectivity index (χ2n) is 5.49. The summed E-state index contributed by atoms with van der Waals surface area (Å²) < 4.78 is 0. The minimum Gasteiger partial charge on any atom is -0.370 e. The predicted octanol–water partition coefficient (Wildman–Crippen LogP) is 2.03. The fourth-order valence-corrected chi connectivity index (χ4v) is 1.57. The molecular formula is C13H18N2O2. The standard InChI is InChI=1S/C13H18N2O2/c1-13(2,3)12(16)17-15-11-7-10(11)9-5-4-6-14-8-9/h4-6,8,10-11,15H,7H2,1-3H3. The van der Waals surface area contributed by atoms with E-state index in [2.05, 4.69) is 10.5 Å². The van der Waals surface area contributed by atoms with Gasteiger partial charge in [-0.2, -0.15) is 0 Å². The molecule has 17 heavy (non-hydrogen) atoms. The summed E-state index contributed by atoms with van der Waals surface area (Å²) in [5.41, 5.74) is 3.56. The van der Waals surface area contributed by atoms with Gasteiger partial charge in [0.2, 0.25) is 0 Å². The molecule has 0 amide bonds. The van der Waals surface area contributed by atoms with E-state index in [0.29, 0.717) is 5.92 Å². The zero-order chi connectivity index (χ0) is 12.5. The second-order valence-corrected chi connectivity index (χ2v) is 5.49. The molecule has 92 valence electrons. The Morgan fingerprint density at radius 2 is 2.29 bits per heavy atom. The van der Waals surface area contributed by atoms with Crippen molar-refractivity contribution < 1.29 is 9.63 Å². The second kappa shape index (κ2) is 4.45. The van der Waals surface area contributed by atoms with Gasteiger partial charge in [-0.25, -0.2) is 4.79 Å². The largest absolute Gasteiger partial charge is 0.370 e. The quantitative estimate of drug-likeness (QED) is 0.813. The van der Waals surface area contributed by atoms with Gasteiger partial charge in [0.25, 0.3) is 0 Å². The number of aromatic nitrogens is 1. The van der Waals surface area contributed by atoms with Gasteiger partial charge in [0.1, 0.15) is 0 Å². The van der Waals surface area contributed by atoms with Gasteiger partial charge in [-0.3, -0.25) is 4.98 Å². The van der Waals surface area contributed by atoms with E-state index in [1.807, 2.05) is 39.1 Å². The van der Waals surface area contributed by atoms with Gasteiger partial charge in [-0.1, -0.05) is 6.07 Å². The number of hydrogen-bond acceptors (Lipinski definition) is 4. The van der Waals surface area contributed by atoms with Crippen molar-refractivity contribution in [3.63, 3.8) is 0 Å². The third-order valence-electron chi connectivity index (χ3n) is 2.82. The normalized spacial score (nSPS) is 23.2. The fraction of sp³-hybridized carbons (Fsp3) is 0.538. The van der Waals surface area contributed by atoms with Crippen LogP contribution in [0.2, 0.25) is 0 Å². The lowest BCUT2D eigenvalue weighted by molar-refractivity contribution is -0.161. The Labute approximate surface area is 101 Å². The molecule has 1 aromatic heterocycles. The van der Waals surface area contributed by atoms with E-state index in [9.17, 15) is 4.79 Å². The lowest BCUT2D eigenvalue weighted by atomic mass is 9.98. The number of rotatable bonds is 3. The Morgan fingerprint density at radius 3 is 2.88 bits per heavy atom. The molecule has 4 nitrogen and oxygen atoms in total. The third kappa shape index (κ3) is 3.03. The van der Waals surface area contributed by atoms with Crippen molar-refractivity contribution in [1.29, 1.82) is 0 Å². The van der Waals surface area contributed by atoms with E-state index < -0.39 is 5.41 Å². The minimum atomic E-state index is -0.467. The molecule has 0 aromatic carbocycles. The molecular weight excluding hydrogens is 216 g/mol. The van der Waals surface area contributed by atoms with Crippen LogP contribution in [-0.4, -0.2) is 17.0 Å². The van der Waals surface area contributed by atoms with Gasteiger partial charge in [-0.05, 0) is 38.8 Å². The van der Waals surface area contributed by atoms with Crippen molar-refractivity contribution in [2.45, 2.75) is 39.2 Å². The smallest absolute Gasteiger partial charge is 0.329 e. The van der Waals surface area contributed by atoms with Crippen molar-refractivity contribution in [3.05, 3.63) is 30.1 Å². The van der Waals surface area contributed by atoms with E-state index in [1.165, 1.54) is 5.56 Å². The highest BCUT2D eigenvalue weighted by Crippen LogP contribution is 2.40. The molecule has 1 aromatic rings. The van der Waals surface area contributed by atoms with Crippen molar-refractivity contribution in [3.8, 4) is 0 Å². The maximum atomic E-state index is 11.5. The molecule has 1 fully saturated rings. The minimum absolute atomic E-state index is 0.227. The van der Waals surface area contributed by atoms with Crippen LogP contribution in [0.3, 0.4) is 0 Å². The molecule has 2 atom stereocenters. The Kier molecular flexibility index (Phi) is 3.15. The molecule has 1 aliphatic rings. The summed E-state index contributed by atoms with van der Waals surface area (Å²) in [4.78, 5) is 20.7. The zero-order valence-electron chi connectivity index (χ0n) is 10.4. The third-order valence-corrected chi connectivity index (χ3v) is 2.82. The average molecular weight is 234 g/mol. The monoisotopic (exact) mass is 234 g/mol. The van der Waals surface area contributed by atoms with Gasteiger partial charge in [0, 0.05) is 18.3 Å². The van der Waals surface area contributed by atoms with Crippen LogP contribution in [0.25, 0.3) is 0 Å². The molecule has 2 unspecified atom stereocenters. The Bertz CT molecular complexity index is 398. The molecule has 0 aliphatic heterocycles. The molecule has 1 saturated carbocycles. The SMILES string of the molecule is CC(C)(C)C(=O)ONC1CC1c1cccnc1. The molecule has 0 spiro atoms. The highest BCUT2D eigenvalue weighted by atomic mass is 16.7. The fourth-order valence-electron chi connectivity index (χ4n) is 1.57. The summed E-state index contributed by atoms with van der Waals surface area (Å²) in [6.45, 7) is 5.51. The van der Waals surface area contributed by atoms with Gasteiger partial charge < -0.3 is 4.84 Å². The molecule has 2 rings (SSSR count). The van der Waals surface area contributed by atoms with Crippen LogP contribution in [0.5, 0.6) is 0 Å². The van der Waals surface area contributed by atoms with Gasteiger partial charge in [0.15, 0.2) is 0 Å². The molecule has 1 aliphatic carbocycles. The first-order chi connectivity index (χ1) is 7.98. The highest BCUT2D eigenvalue weighted by Gasteiger charge is 2.40. The molecule has 1 N–H and O–H groups in total. The first-order valence-electron chi connectivity index (χ1n) is 5.85. The number of hydroxylamine groups is 1. The number of pyridine rings is 1. The van der Waals surface area contributed by atoms with Crippen molar-refractivity contribution in [2.75, 3.05) is 0 Å². The van der Waals surface area contributed by atoms with Crippen LogP contribution < -0.4 is 5.48 Å². The first-order valence-corrected chi connectivity index (χ1v) is 5.85. The number of nitrogens with one attached hydrogen (secondary N) is 1. The van der Waals surface area contributed by atoms with Crippen LogP contribution in [0.15, 0.2) is 24.5 Å². The first kappa shape index (κ1) is 12.0. The van der Waals surface area contributed by atoms with Crippen molar-refractivity contribution in [1.82, 2.24) is 10.5 Å². The summed E-state index contributed by atoms with van der Waals surface area (Å²) in [5, 5.41) is 0. The zero-order valence-corrected chi connectivity index (χ0v) is 10.4. The number of nitrogens with zero attached hydrogens (tertiary/aromatic N) is 1. The van der Waals surface area contributed by atoms with Crippen LogP contribution in [0.1, 0.15) is 38.7 Å². The van der Waals surface area contributed by atoms with Crippen LogP contribution in [-0.2, 0) is 9.63 Å². The molecule has 0 radical (unpaired) electrons. The summed E-state index contributed by atoms with van der Waals surface area (Å²) in [5.74, 6) is 0.186. The number of hydrogen-bond donors (Lipinski definition) is 1. The van der Waals surface area contributed by atoms with E-state index >= 15 is 0 Å². The summed E-state index contributed by atoms with van der Waals surface area (Å²) in [6, 6.07) is 4.20. The van der Waals surface area contributed by atoms with Gasteiger partial charge >= 0.3 is 5.97 Å². The summed E-state index contributed by atoms with van der Waals surface area (Å²) in [6.07, 6.45) is 4.61. The van der Waals surface area contributed by atoms with E-state index in [0.717, 1.165) is 6.42 Å². The highest BCUT2D eigenvalue weighted by molar-refractivity contribution is 5.75. The number of carbonyl (C=O) groups is 1. The van der Waals surface area contributed by atoms with Crippen LogP contribution in [0, 0.1) is 5.41 Å². The summed E-state index contributed by atoms with van der Waals surface area (Å²) >= 11 is 0. The van der Waals surface area contributed by atoms with Crippen LogP contribution >= 0.6 is 0 Å². The van der Waals surface area contributed by atoms with Crippen molar-refractivity contribution >= 4 is 5.97 Å². The van der Waals surface area contributed by atoms with Gasteiger partial charge in [-0.15, -0.1) is 5.48 Å². The Balaban J connectivity index is 1.80. The topological polar surface area (TPSA) is 51.2 Å². The lowest BCUT2D eigenvalue weighted by Gasteiger charge is -2.16. The predicted molar refractivity (Wildman–Crippen MR) is 64.1 cm³/mol. The van der Waals surface area contributed by atoms with Gasteiger partial charge in [0.05, 0.1) is 11.5 Å². The van der Waals surface area contributed by atoms with E-state index in [1.54, 1.807) is 6.20 Å². The number of carbonyl (C=O) groups excluding carboxylic acids is 1. The lowest BCUT2D eigenvalue weighted by Crippen LogP contribution is -2.31. The Hall–Kier alpha value is -1.42. The van der Waals surface area contributed by atoms with E-state index in [-0.39, 0.29) is 12.0 Å². The molecule has 1 heterocycles. The maximum Gasteiger partial charge on any atom is 0.329 e. The van der Waals surface area contributed by atoms with Crippen molar-refractivity contribution in [2.24, 2.45) is 5.41 Å².